The zero-order valence-electron chi connectivity index (χ0n) is 15.2. The summed E-state index contributed by atoms with van der Waals surface area (Å²) < 4.78 is 2.15. The van der Waals surface area contributed by atoms with Crippen LogP contribution in [0, 0.1) is 6.92 Å². The summed E-state index contributed by atoms with van der Waals surface area (Å²) in [6, 6.07) is 12.9. The number of rotatable bonds is 5. The molecule has 0 amide bonds. The predicted molar refractivity (Wildman–Crippen MR) is 98.8 cm³/mol. The minimum atomic E-state index is -0.671. The molecule has 0 radical (unpaired) electrons. The molecule has 0 bridgehead atoms. The standard InChI is InChI=1S/C21H25N3O/c1-15-6-8-17(9-7-15)21(12-13-21)19-23-22-18-16(5-4-14-24(18)19)10-11-20(2,3)25/h4-9,14,25H,10-13H2,1-3H3. The summed E-state index contributed by atoms with van der Waals surface area (Å²) in [6.45, 7) is 5.81. The molecule has 2 heterocycles. The maximum Gasteiger partial charge on any atom is 0.164 e. The molecule has 1 aliphatic carbocycles. The number of aryl methyl sites for hydroxylation is 2. The second-order valence-electron chi connectivity index (χ2n) is 8.01. The molecule has 0 spiro atoms. The first-order valence-corrected chi connectivity index (χ1v) is 9.02. The molecular formula is C21H25N3O. The van der Waals surface area contributed by atoms with Crippen LogP contribution in [0.1, 0.15) is 55.6 Å². The summed E-state index contributed by atoms with van der Waals surface area (Å²) in [7, 11) is 0. The lowest BCUT2D eigenvalue weighted by atomic mass is 9.94. The summed E-state index contributed by atoms with van der Waals surface area (Å²) in [5, 5.41) is 19.1. The molecule has 4 rings (SSSR count). The molecule has 0 atom stereocenters. The van der Waals surface area contributed by atoms with Crippen molar-refractivity contribution in [3.63, 3.8) is 0 Å². The first-order chi connectivity index (χ1) is 11.9. The van der Waals surface area contributed by atoms with E-state index in [9.17, 15) is 5.11 Å². The van der Waals surface area contributed by atoms with Gasteiger partial charge in [0.2, 0.25) is 0 Å². The number of aliphatic hydroxyl groups is 1. The quantitative estimate of drug-likeness (QED) is 0.771. The van der Waals surface area contributed by atoms with Gasteiger partial charge < -0.3 is 5.11 Å². The number of hydrogen-bond donors (Lipinski definition) is 1. The van der Waals surface area contributed by atoms with E-state index in [0.29, 0.717) is 6.42 Å². The summed E-state index contributed by atoms with van der Waals surface area (Å²) in [6.07, 6.45) is 5.80. The number of fused-ring (bicyclic) bond motifs is 1. The molecule has 0 saturated heterocycles. The van der Waals surface area contributed by atoms with Crippen molar-refractivity contribution in [2.45, 2.75) is 57.5 Å². The molecule has 1 aromatic carbocycles. The molecule has 0 unspecified atom stereocenters. The van der Waals surface area contributed by atoms with Gasteiger partial charge in [-0.2, -0.15) is 0 Å². The third-order valence-corrected chi connectivity index (χ3v) is 5.30. The SMILES string of the molecule is Cc1ccc(C2(c3nnc4c(CCC(C)(C)O)cccn34)CC2)cc1. The molecule has 1 aliphatic rings. The topological polar surface area (TPSA) is 50.4 Å². The highest BCUT2D eigenvalue weighted by Gasteiger charge is 2.49. The van der Waals surface area contributed by atoms with E-state index < -0.39 is 5.60 Å². The van der Waals surface area contributed by atoms with E-state index in [0.717, 1.165) is 36.3 Å². The van der Waals surface area contributed by atoms with Gasteiger partial charge in [0, 0.05) is 6.20 Å². The summed E-state index contributed by atoms with van der Waals surface area (Å²) in [4.78, 5) is 0. The first kappa shape index (κ1) is 16.3. The molecule has 2 aromatic heterocycles. The van der Waals surface area contributed by atoms with Crippen LogP contribution < -0.4 is 0 Å². The third kappa shape index (κ3) is 2.95. The van der Waals surface area contributed by atoms with E-state index in [4.69, 9.17) is 0 Å². The maximum absolute atomic E-state index is 10.0. The van der Waals surface area contributed by atoms with E-state index in [2.05, 4.69) is 64.1 Å². The Kier molecular flexibility index (Phi) is 3.69. The Morgan fingerprint density at radius 2 is 1.84 bits per heavy atom. The fourth-order valence-electron chi connectivity index (χ4n) is 3.57. The molecule has 4 nitrogen and oxygen atoms in total. The van der Waals surface area contributed by atoms with E-state index in [1.807, 2.05) is 13.8 Å². The van der Waals surface area contributed by atoms with Crippen molar-refractivity contribution in [2.75, 3.05) is 0 Å². The van der Waals surface area contributed by atoms with Gasteiger partial charge in [0.25, 0.3) is 0 Å². The number of aromatic nitrogens is 3. The highest BCUT2D eigenvalue weighted by Crippen LogP contribution is 2.52. The van der Waals surface area contributed by atoms with Gasteiger partial charge in [-0.1, -0.05) is 35.9 Å². The zero-order chi connectivity index (χ0) is 17.7. The van der Waals surface area contributed by atoms with Crippen LogP contribution in [0.3, 0.4) is 0 Å². The van der Waals surface area contributed by atoms with Gasteiger partial charge in [0.15, 0.2) is 5.65 Å². The predicted octanol–water partition coefficient (Wildman–Crippen LogP) is 3.82. The van der Waals surface area contributed by atoms with Crippen molar-refractivity contribution in [1.82, 2.24) is 14.6 Å². The molecule has 3 aromatic rings. The fourth-order valence-corrected chi connectivity index (χ4v) is 3.57. The molecule has 4 heteroatoms. The summed E-state index contributed by atoms with van der Waals surface area (Å²) >= 11 is 0. The van der Waals surface area contributed by atoms with Crippen LogP contribution in [0.2, 0.25) is 0 Å². The number of nitrogens with zero attached hydrogens (tertiary/aromatic N) is 3. The summed E-state index contributed by atoms with van der Waals surface area (Å²) in [5.74, 6) is 1.04. The lowest BCUT2D eigenvalue weighted by Gasteiger charge is -2.17. The molecular weight excluding hydrogens is 310 g/mol. The zero-order valence-corrected chi connectivity index (χ0v) is 15.2. The van der Waals surface area contributed by atoms with Gasteiger partial charge in [-0.15, -0.1) is 10.2 Å². The Labute approximate surface area is 148 Å². The van der Waals surface area contributed by atoms with Crippen LogP contribution in [0.4, 0.5) is 0 Å². The Morgan fingerprint density at radius 3 is 2.48 bits per heavy atom. The van der Waals surface area contributed by atoms with Crippen LogP contribution in [0.5, 0.6) is 0 Å². The average molecular weight is 335 g/mol. The maximum atomic E-state index is 10.0. The van der Waals surface area contributed by atoms with Crippen LogP contribution in [-0.4, -0.2) is 25.3 Å². The van der Waals surface area contributed by atoms with Gasteiger partial charge in [-0.25, -0.2) is 0 Å². The van der Waals surface area contributed by atoms with Crippen LogP contribution in [0.15, 0.2) is 42.6 Å². The highest BCUT2D eigenvalue weighted by molar-refractivity contribution is 5.51. The average Bonchev–Trinajstić information content (AvgIpc) is 3.25. The lowest BCUT2D eigenvalue weighted by Crippen LogP contribution is -2.19. The van der Waals surface area contributed by atoms with Crippen LogP contribution in [0.25, 0.3) is 5.65 Å². The van der Waals surface area contributed by atoms with E-state index in [-0.39, 0.29) is 5.41 Å². The van der Waals surface area contributed by atoms with Crippen molar-refractivity contribution in [3.05, 3.63) is 65.1 Å². The minimum Gasteiger partial charge on any atom is -0.390 e. The molecule has 1 saturated carbocycles. The summed E-state index contributed by atoms with van der Waals surface area (Å²) in [5.41, 5.74) is 3.99. The van der Waals surface area contributed by atoms with Crippen molar-refractivity contribution in [1.29, 1.82) is 0 Å². The van der Waals surface area contributed by atoms with E-state index in [1.165, 1.54) is 11.1 Å². The van der Waals surface area contributed by atoms with E-state index >= 15 is 0 Å². The van der Waals surface area contributed by atoms with Crippen molar-refractivity contribution >= 4 is 5.65 Å². The van der Waals surface area contributed by atoms with E-state index in [1.54, 1.807) is 0 Å². The largest absolute Gasteiger partial charge is 0.390 e. The minimum absolute atomic E-state index is 0.00197. The first-order valence-electron chi connectivity index (χ1n) is 9.02. The molecule has 1 N–H and O–H groups in total. The van der Waals surface area contributed by atoms with Gasteiger partial charge >= 0.3 is 0 Å². The van der Waals surface area contributed by atoms with Gasteiger partial charge in [0.1, 0.15) is 5.82 Å². The second kappa shape index (κ2) is 5.67. The molecule has 1 fully saturated rings. The fraction of sp³-hybridized carbons (Fsp3) is 0.429. The number of pyridine rings is 1. The Balaban J connectivity index is 1.73. The number of benzene rings is 1. The van der Waals surface area contributed by atoms with Crippen molar-refractivity contribution in [3.8, 4) is 0 Å². The Bertz CT molecular complexity index is 899. The van der Waals surface area contributed by atoms with Crippen LogP contribution >= 0.6 is 0 Å². The third-order valence-electron chi connectivity index (χ3n) is 5.30. The molecule has 0 aliphatic heterocycles. The second-order valence-corrected chi connectivity index (χ2v) is 8.01. The Morgan fingerprint density at radius 1 is 1.12 bits per heavy atom. The van der Waals surface area contributed by atoms with Gasteiger partial charge in [0.05, 0.1) is 11.0 Å². The van der Waals surface area contributed by atoms with Crippen LogP contribution in [-0.2, 0) is 11.8 Å². The van der Waals surface area contributed by atoms with Gasteiger partial charge in [-0.3, -0.25) is 4.40 Å². The van der Waals surface area contributed by atoms with Crippen molar-refractivity contribution < 1.29 is 5.11 Å². The molecule has 25 heavy (non-hydrogen) atoms. The molecule has 130 valence electrons. The number of hydrogen-bond acceptors (Lipinski definition) is 3. The highest BCUT2D eigenvalue weighted by atomic mass is 16.3. The Hall–Kier alpha value is -2.20. The van der Waals surface area contributed by atoms with Gasteiger partial charge in [-0.05, 0) is 63.6 Å². The monoisotopic (exact) mass is 335 g/mol. The smallest absolute Gasteiger partial charge is 0.164 e. The van der Waals surface area contributed by atoms with Crippen molar-refractivity contribution in [2.24, 2.45) is 0 Å². The normalized spacial score (nSPS) is 16.3. The lowest BCUT2D eigenvalue weighted by molar-refractivity contribution is 0.0714.